The number of hydrogen-bond acceptors (Lipinski definition) is 3. The highest BCUT2D eigenvalue weighted by molar-refractivity contribution is 5.91. The van der Waals surface area contributed by atoms with Gasteiger partial charge < -0.3 is 14.9 Å². The van der Waals surface area contributed by atoms with E-state index in [0.717, 1.165) is 38.4 Å². The number of carbonyl (C=O) groups is 1. The molecule has 190 valence electrons. The number of hydrogen-bond donors (Lipinski definition) is 1. The van der Waals surface area contributed by atoms with Gasteiger partial charge in [0.25, 0.3) is 0 Å². The van der Waals surface area contributed by atoms with Crippen LogP contribution in [0.2, 0.25) is 0 Å². The third-order valence-electron chi connectivity index (χ3n) is 8.42. The fraction of sp³-hybridized carbons (Fsp3) is 0.433. The lowest BCUT2D eigenvalue weighted by atomic mass is 9.68. The molecule has 5 rings (SSSR count). The standard InChI is InChI=1S/C30H34F2N2O2/c1-21-19-33(15-12-30(21)11-8-23-4-2-3-5-27(23)30)20-28(35)24-9-13-34(14-10-24)29(36)7-6-22-16-25(31)18-26(32)17-22/h2-8,11,16-18,21,24,28,35H,9-10,12-15,19-20H2,1H3/b7-6+/t21-,28?,30+/m1/s1. The number of fused-ring (bicyclic) bond motifs is 2. The van der Waals surface area contributed by atoms with Gasteiger partial charge in [-0.15, -0.1) is 0 Å². The van der Waals surface area contributed by atoms with E-state index >= 15 is 0 Å². The number of nitrogens with zero attached hydrogens (tertiary/aromatic N) is 2. The number of β-amino-alcohol motifs (C(OH)–C–C–N with tert-alkyl or cyclic N) is 1. The molecule has 3 aliphatic rings. The largest absolute Gasteiger partial charge is 0.392 e. The second-order valence-corrected chi connectivity index (χ2v) is 10.6. The van der Waals surface area contributed by atoms with Gasteiger partial charge in [-0.25, -0.2) is 8.78 Å². The van der Waals surface area contributed by atoms with Crippen LogP contribution in [0, 0.1) is 23.5 Å². The van der Waals surface area contributed by atoms with Crippen LogP contribution in [0.3, 0.4) is 0 Å². The fourth-order valence-electron chi connectivity index (χ4n) is 6.30. The van der Waals surface area contributed by atoms with E-state index in [4.69, 9.17) is 0 Å². The molecule has 1 amide bonds. The van der Waals surface area contributed by atoms with Gasteiger partial charge in [0.15, 0.2) is 0 Å². The van der Waals surface area contributed by atoms with Crippen molar-refractivity contribution in [1.29, 1.82) is 0 Å². The number of allylic oxidation sites excluding steroid dienone is 1. The molecule has 2 saturated heterocycles. The van der Waals surface area contributed by atoms with Crippen molar-refractivity contribution in [3.8, 4) is 0 Å². The molecule has 1 spiro atoms. The minimum Gasteiger partial charge on any atom is -0.392 e. The molecular formula is C30H34F2N2O2. The van der Waals surface area contributed by atoms with Crippen LogP contribution in [0.25, 0.3) is 12.2 Å². The second-order valence-electron chi connectivity index (χ2n) is 10.6. The lowest BCUT2D eigenvalue weighted by Crippen LogP contribution is -2.51. The number of amides is 1. The van der Waals surface area contributed by atoms with Crippen molar-refractivity contribution in [2.75, 3.05) is 32.7 Å². The monoisotopic (exact) mass is 492 g/mol. The maximum absolute atomic E-state index is 13.4. The molecule has 6 heteroatoms. The predicted octanol–water partition coefficient (Wildman–Crippen LogP) is 4.88. The molecule has 2 aromatic rings. The Labute approximate surface area is 211 Å². The number of rotatable bonds is 5. The Bertz CT molecular complexity index is 1150. The molecule has 1 unspecified atom stereocenters. The molecule has 2 aromatic carbocycles. The molecule has 0 aromatic heterocycles. The molecule has 0 bridgehead atoms. The van der Waals surface area contributed by atoms with E-state index in [-0.39, 0.29) is 17.2 Å². The summed E-state index contributed by atoms with van der Waals surface area (Å²) in [4.78, 5) is 16.7. The van der Waals surface area contributed by atoms with Gasteiger partial charge in [0.2, 0.25) is 5.91 Å². The van der Waals surface area contributed by atoms with Crippen molar-refractivity contribution in [1.82, 2.24) is 9.80 Å². The summed E-state index contributed by atoms with van der Waals surface area (Å²) in [7, 11) is 0. The summed E-state index contributed by atoms with van der Waals surface area (Å²) < 4.78 is 26.7. The molecule has 2 heterocycles. The summed E-state index contributed by atoms with van der Waals surface area (Å²) in [6.45, 7) is 6.05. The Morgan fingerprint density at radius 3 is 2.58 bits per heavy atom. The van der Waals surface area contributed by atoms with Crippen LogP contribution in [0.1, 0.15) is 42.9 Å². The minimum absolute atomic E-state index is 0.106. The topological polar surface area (TPSA) is 43.8 Å². The quantitative estimate of drug-likeness (QED) is 0.605. The lowest BCUT2D eigenvalue weighted by molar-refractivity contribution is -0.128. The molecule has 2 aliphatic heterocycles. The van der Waals surface area contributed by atoms with Crippen molar-refractivity contribution in [3.63, 3.8) is 0 Å². The maximum Gasteiger partial charge on any atom is 0.246 e. The Morgan fingerprint density at radius 1 is 1.14 bits per heavy atom. The summed E-state index contributed by atoms with van der Waals surface area (Å²) in [5, 5.41) is 11.0. The predicted molar refractivity (Wildman–Crippen MR) is 138 cm³/mol. The lowest BCUT2D eigenvalue weighted by Gasteiger charge is -2.45. The first-order valence-electron chi connectivity index (χ1n) is 13.0. The van der Waals surface area contributed by atoms with Crippen LogP contribution < -0.4 is 0 Å². The summed E-state index contributed by atoms with van der Waals surface area (Å²) in [5.41, 5.74) is 3.19. The summed E-state index contributed by atoms with van der Waals surface area (Å²) >= 11 is 0. The van der Waals surface area contributed by atoms with Gasteiger partial charge in [-0.05, 0) is 72.5 Å². The number of likely N-dealkylation sites (tertiary alicyclic amines) is 2. The number of benzene rings is 2. The average Bonchev–Trinajstić information content (AvgIpc) is 3.24. The first kappa shape index (κ1) is 24.8. The molecule has 1 aliphatic carbocycles. The molecule has 0 radical (unpaired) electrons. The summed E-state index contributed by atoms with van der Waals surface area (Å²) in [5.74, 6) is -0.878. The first-order chi connectivity index (χ1) is 17.3. The van der Waals surface area contributed by atoms with E-state index in [9.17, 15) is 18.7 Å². The van der Waals surface area contributed by atoms with Gasteiger partial charge in [0.05, 0.1) is 6.10 Å². The molecule has 4 nitrogen and oxygen atoms in total. The molecule has 3 atom stereocenters. The Kier molecular flexibility index (Phi) is 7.09. The van der Waals surface area contributed by atoms with E-state index in [1.807, 2.05) is 0 Å². The van der Waals surface area contributed by atoms with Crippen molar-refractivity contribution in [3.05, 3.63) is 82.9 Å². The zero-order valence-corrected chi connectivity index (χ0v) is 20.7. The van der Waals surface area contributed by atoms with Crippen molar-refractivity contribution >= 4 is 18.1 Å². The summed E-state index contributed by atoms with van der Waals surface area (Å²) in [6, 6.07) is 11.9. The van der Waals surface area contributed by atoms with E-state index in [1.54, 1.807) is 4.90 Å². The Hall–Kier alpha value is -2.83. The van der Waals surface area contributed by atoms with Gasteiger partial charge in [-0.1, -0.05) is 43.3 Å². The van der Waals surface area contributed by atoms with E-state index in [2.05, 4.69) is 48.2 Å². The SMILES string of the molecule is C[C@@H]1CN(CC(O)C2CCN(C(=O)/C=C/c3cc(F)cc(F)c3)CC2)CC[C@@]12C=Cc1ccccc12. The molecule has 2 fully saturated rings. The highest BCUT2D eigenvalue weighted by atomic mass is 19.1. The maximum atomic E-state index is 13.4. The van der Waals surface area contributed by atoms with Gasteiger partial charge in [-0.2, -0.15) is 0 Å². The third-order valence-corrected chi connectivity index (χ3v) is 8.42. The van der Waals surface area contributed by atoms with Crippen molar-refractivity contribution in [2.24, 2.45) is 11.8 Å². The van der Waals surface area contributed by atoms with Gasteiger partial charge in [0, 0.05) is 43.7 Å². The minimum atomic E-state index is -0.667. The molecule has 0 saturated carbocycles. The van der Waals surface area contributed by atoms with Gasteiger partial charge >= 0.3 is 0 Å². The van der Waals surface area contributed by atoms with Crippen molar-refractivity contribution in [2.45, 2.75) is 37.7 Å². The average molecular weight is 493 g/mol. The zero-order valence-electron chi connectivity index (χ0n) is 20.7. The zero-order chi connectivity index (χ0) is 25.3. The molecule has 36 heavy (non-hydrogen) atoms. The number of aliphatic hydroxyl groups is 1. The number of piperidine rings is 2. The van der Waals surface area contributed by atoms with E-state index in [1.165, 1.54) is 35.4 Å². The Balaban J connectivity index is 1.11. The first-order valence-corrected chi connectivity index (χ1v) is 13.0. The van der Waals surface area contributed by atoms with Crippen LogP contribution in [-0.2, 0) is 10.2 Å². The highest BCUT2D eigenvalue weighted by Gasteiger charge is 2.43. The fourth-order valence-corrected chi connectivity index (χ4v) is 6.30. The smallest absolute Gasteiger partial charge is 0.246 e. The highest BCUT2D eigenvalue weighted by Crippen LogP contribution is 2.46. The van der Waals surface area contributed by atoms with Crippen LogP contribution in [-0.4, -0.2) is 59.6 Å². The van der Waals surface area contributed by atoms with E-state index in [0.29, 0.717) is 31.1 Å². The number of aliphatic hydroxyl groups excluding tert-OH is 1. The second kappa shape index (κ2) is 10.3. The number of halogens is 2. The van der Waals surface area contributed by atoms with Gasteiger partial charge in [0.1, 0.15) is 11.6 Å². The van der Waals surface area contributed by atoms with Crippen molar-refractivity contribution < 1.29 is 18.7 Å². The number of carbonyl (C=O) groups excluding carboxylic acids is 1. The third kappa shape index (κ3) is 5.02. The van der Waals surface area contributed by atoms with Gasteiger partial charge in [-0.3, -0.25) is 4.79 Å². The molecule has 1 N–H and O–H groups in total. The van der Waals surface area contributed by atoms with Crippen LogP contribution >= 0.6 is 0 Å². The van der Waals surface area contributed by atoms with Crippen LogP contribution in [0.4, 0.5) is 8.78 Å². The van der Waals surface area contributed by atoms with Crippen LogP contribution in [0.15, 0.2) is 54.6 Å². The Morgan fingerprint density at radius 2 is 1.86 bits per heavy atom. The van der Waals surface area contributed by atoms with Crippen LogP contribution in [0.5, 0.6) is 0 Å². The molecular weight excluding hydrogens is 458 g/mol. The van der Waals surface area contributed by atoms with E-state index < -0.39 is 17.7 Å². The normalized spacial score (nSPS) is 25.6. The summed E-state index contributed by atoms with van der Waals surface area (Å²) in [6.07, 6.45) is 9.60.